The summed E-state index contributed by atoms with van der Waals surface area (Å²) in [6.07, 6.45) is 12.7. The first-order chi connectivity index (χ1) is 58.7. The minimum absolute atomic E-state index is 0.00271. The number of fused-ring (bicyclic) bond motifs is 5. The zero-order valence-corrected chi connectivity index (χ0v) is 71.5. The summed E-state index contributed by atoms with van der Waals surface area (Å²) in [7, 11) is 3.12. The number of amides is 4. The van der Waals surface area contributed by atoms with Gasteiger partial charge in [0, 0.05) is 107 Å². The monoisotopic (exact) mass is 1710 g/mol. The number of Topliss-reactive ketones (excluding diaryl/α,β-unsaturated/α-hetero) is 3. The maximum Gasteiger partial charge on any atom is 0.407 e. The van der Waals surface area contributed by atoms with Crippen LogP contribution in [-0.2, 0) is 94.1 Å². The van der Waals surface area contributed by atoms with Gasteiger partial charge in [0.1, 0.15) is 66.0 Å². The lowest BCUT2D eigenvalue weighted by atomic mass is 9.79. The molecule has 1 aromatic carbocycles. The normalized spacial score (nSPS) is 27.0. The number of aliphatic hydroxyl groups is 3. The van der Waals surface area contributed by atoms with Crippen molar-refractivity contribution in [2.75, 3.05) is 112 Å². The Kier molecular flexibility index (Phi) is 38.5. The number of ketones is 3. The van der Waals surface area contributed by atoms with Crippen LogP contribution in [0.15, 0.2) is 84.4 Å². The molecule has 5 aromatic rings. The Hall–Kier alpha value is -9.31. The van der Waals surface area contributed by atoms with E-state index in [1.165, 1.54) is 19.3 Å². The number of nitrogens with one attached hydrogen (secondary N) is 4. The van der Waals surface area contributed by atoms with E-state index in [-0.39, 0.29) is 146 Å². The maximum absolute atomic E-state index is 14.7. The predicted octanol–water partition coefficient (Wildman–Crippen LogP) is 6.07. The molecule has 7 heterocycles. The molecular weight excluding hydrogens is 1580 g/mol. The SMILES string of the molecule is CO[C@H]1C[C@@H]2CC[C@@H](C)[C@@](O)(O2)C(=O)C(=O)N2CCCC[C@H]2C(=O)O[C@H]([C@H](N)C[C@@H]2CC[C@H](n3cc(COC(=O)NCCOCCOCCOCCC(=O)NCCOCCOCCC(=O)NCCCCn4nc(-c5cc6cc(O)ccc6[nH]5)c5c(N)ncnc54)nn3)[C@H](OC)C2)CC(=O)[C@H](C)/C=C(\C)[C@@H](O)[C@@H](O)C(=O)[C@H](C)C[C@H](C)/C=C/C=C/C=C/1C. The van der Waals surface area contributed by atoms with E-state index in [9.17, 15) is 58.8 Å². The third kappa shape index (κ3) is 28.4. The van der Waals surface area contributed by atoms with Gasteiger partial charge in [-0.2, -0.15) is 5.10 Å². The van der Waals surface area contributed by atoms with Crippen molar-refractivity contribution in [3.63, 3.8) is 0 Å². The van der Waals surface area contributed by atoms with Gasteiger partial charge < -0.3 is 105 Å². The number of nitrogens with two attached hydrogens (primary N) is 2. The van der Waals surface area contributed by atoms with Crippen LogP contribution < -0.4 is 27.4 Å². The van der Waals surface area contributed by atoms with Gasteiger partial charge in [-0.3, -0.25) is 28.8 Å². The van der Waals surface area contributed by atoms with Gasteiger partial charge in [-0.25, -0.2) is 28.9 Å². The summed E-state index contributed by atoms with van der Waals surface area (Å²) in [6, 6.07) is 4.44. The van der Waals surface area contributed by atoms with Gasteiger partial charge >= 0.3 is 12.1 Å². The van der Waals surface area contributed by atoms with Crippen molar-refractivity contribution in [1.82, 2.24) is 60.6 Å². The van der Waals surface area contributed by atoms with E-state index in [4.69, 9.17) is 63.9 Å². The molecule has 2 saturated heterocycles. The number of aromatic nitrogens is 8. The van der Waals surface area contributed by atoms with Crippen molar-refractivity contribution in [3.05, 3.63) is 90.1 Å². The number of nitrogen functional groups attached to an aromatic ring is 1. The largest absolute Gasteiger partial charge is 0.508 e. The average Bonchev–Trinajstić information content (AvgIpc) is 1.47. The van der Waals surface area contributed by atoms with Gasteiger partial charge in [-0.05, 0) is 138 Å². The van der Waals surface area contributed by atoms with Gasteiger partial charge in [0.15, 0.2) is 11.4 Å². The second kappa shape index (κ2) is 48.7. The fourth-order valence-corrected chi connectivity index (χ4v) is 15.8. The highest BCUT2D eigenvalue weighted by atomic mass is 16.6. The summed E-state index contributed by atoms with van der Waals surface area (Å²) >= 11 is 0. The highest BCUT2D eigenvalue weighted by Gasteiger charge is 2.53. The number of aromatic amines is 1. The van der Waals surface area contributed by atoms with Crippen LogP contribution in [0.5, 0.6) is 5.75 Å². The number of hydrogen-bond acceptors (Lipinski definition) is 29. The van der Waals surface area contributed by atoms with Crippen molar-refractivity contribution in [3.8, 4) is 17.1 Å². The number of nitrogens with zero attached hydrogens (tertiary/aromatic N) is 8. The highest BCUT2D eigenvalue weighted by Crippen LogP contribution is 2.40. The Morgan fingerprint density at radius 3 is 2.17 bits per heavy atom. The summed E-state index contributed by atoms with van der Waals surface area (Å²) in [5.41, 5.74) is 17.5. The van der Waals surface area contributed by atoms with Crippen molar-refractivity contribution < 1.29 is 106 Å². The number of carbonyl (C=O) groups is 8. The number of alkyl carbamates (subject to hydrolysis) is 1. The van der Waals surface area contributed by atoms with Crippen LogP contribution in [0.3, 0.4) is 0 Å². The molecule has 36 heteroatoms. The predicted molar refractivity (Wildman–Crippen MR) is 448 cm³/mol. The lowest BCUT2D eigenvalue weighted by molar-refractivity contribution is -0.265. The zero-order chi connectivity index (χ0) is 87.8. The number of benzene rings is 1. The number of phenolic OH excluding ortho intramolecular Hbond substituents is 1. The molecule has 1 aliphatic carbocycles. The fraction of sp³-hybridized carbons (Fsp3) is 0.640. The van der Waals surface area contributed by atoms with Gasteiger partial charge in [0.05, 0.1) is 108 Å². The lowest BCUT2D eigenvalue weighted by Crippen LogP contribution is -2.61. The molecule has 672 valence electrons. The van der Waals surface area contributed by atoms with E-state index in [1.807, 2.05) is 50.3 Å². The molecule has 3 aliphatic heterocycles. The Bertz CT molecular complexity index is 4370. The summed E-state index contributed by atoms with van der Waals surface area (Å²) in [5.74, 6) is -9.11. The molecule has 0 radical (unpaired) electrons. The van der Waals surface area contributed by atoms with Crippen molar-refractivity contribution in [1.29, 1.82) is 0 Å². The quantitative estimate of drug-likeness (QED) is 0.00952. The van der Waals surface area contributed by atoms with Crippen LogP contribution in [0.4, 0.5) is 10.6 Å². The lowest BCUT2D eigenvalue weighted by Gasteiger charge is -2.42. The molecule has 9 rings (SSSR count). The van der Waals surface area contributed by atoms with E-state index < -0.39 is 114 Å². The van der Waals surface area contributed by atoms with Gasteiger partial charge in [-0.15, -0.1) is 5.10 Å². The van der Waals surface area contributed by atoms with Gasteiger partial charge in [0.2, 0.25) is 17.6 Å². The molecule has 122 heavy (non-hydrogen) atoms. The summed E-state index contributed by atoms with van der Waals surface area (Å²) in [6.45, 7) is 14.1. The number of allylic oxidation sites excluding steroid dienone is 6. The van der Waals surface area contributed by atoms with E-state index in [2.05, 4.69) is 41.2 Å². The van der Waals surface area contributed by atoms with Crippen LogP contribution in [0, 0.1) is 29.6 Å². The number of hydrogen-bond donors (Lipinski definition) is 10. The first kappa shape index (κ1) is 96.5. The Labute approximate surface area is 711 Å². The molecule has 36 nitrogen and oxygen atoms in total. The second-order valence-corrected chi connectivity index (χ2v) is 32.2. The molecule has 4 amide bonds. The van der Waals surface area contributed by atoms with Crippen molar-refractivity contribution in [2.45, 2.75) is 218 Å². The van der Waals surface area contributed by atoms with Crippen LogP contribution in [0.2, 0.25) is 0 Å². The highest BCUT2D eigenvalue weighted by molar-refractivity contribution is 6.39. The summed E-state index contributed by atoms with van der Waals surface area (Å²) < 4.78 is 61.0. The van der Waals surface area contributed by atoms with Gasteiger partial charge in [-0.1, -0.05) is 69.4 Å². The summed E-state index contributed by atoms with van der Waals surface area (Å²) in [4.78, 5) is 122. The number of aliphatic hydroxyl groups excluding tert-OH is 2. The number of cyclic esters (lactones) is 1. The zero-order valence-electron chi connectivity index (χ0n) is 71.5. The minimum Gasteiger partial charge on any atom is -0.508 e. The molecule has 1 saturated carbocycles. The maximum atomic E-state index is 14.7. The van der Waals surface area contributed by atoms with Crippen molar-refractivity contribution in [2.24, 2.45) is 35.3 Å². The Morgan fingerprint density at radius 1 is 0.762 bits per heavy atom. The molecule has 0 spiro atoms. The van der Waals surface area contributed by atoms with Crippen molar-refractivity contribution >= 4 is 74.9 Å². The molecule has 0 unspecified atom stereocenters. The topological polar surface area (TPSA) is 491 Å². The Balaban J connectivity index is 0.628. The third-order valence-electron chi connectivity index (χ3n) is 22.9. The van der Waals surface area contributed by atoms with E-state index in [0.717, 1.165) is 27.1 Å². The number of methoxy groups -OCH3 is 2. The molecule has 4 aliphatic rings. The minimum atomic E-state index is -2.51. The number of piperidine rings is 1. The number of phenols is 1. The number of unbranched alkanes of at least 4 members (excludes halogenated alkanes) is 1. The first-order valence-electron chi connectivity index (χ1n) is 42.6. The smallest absolute Gasteiger partial charge is 0.407 e. The number of esters is 1. The third-order valence-corrected chi connectivity index (χ3v) is 22.9. The molecule has 4 aromatic heterocycles. The fourth-order valence-electron chi connectivity index (χ4n) is 15.8. The number of anilines is 1. The number of ether oxygens (including phenoxy) is 10. The average molecular weight is 1710 g/mol. The molecule has 12 N–H and O–H groups in total. The standard InChI is InChI=1S/C86H126N14O22/c1-53-16-10-9-11-17-54(2)70(113-7)48-63-22-19-58(6)86(112,122-63)80(108)83(109)98-30-14-12-18-68(98)84(110)121-71(49-69(102)55(3)43-57(5)78(106)79(107)77(105)56(4)42-53)64(87)44-59-20-24-67(72(45-59)114-8)100-50-61(95-97-100)51-120-85(111)91-29-35-118-39-41-119-40-37-116-33-26-74(104)90-28-34-117-38-36-115-32-25-73(103)89-27-13-15-31-99-82-75(81(88)92-52-93-82)76(96-99)66-47-60-46-62(101)21-23-65(60)94-66/h9-11,16-17,21,23,43,46-47,50,52-53,55-56,58-59,63-64,67-68,70-72,78-79,94,101,106-107,112H,12-15,18-20,22,24-42,44-45,48-49,51,87H2,1-8H3,(H,89,103)(H,90,104)(H,91,111)(H2,88,92,93)/b11-9+,16-10+,54-17+,57-43+/t53-,55-,56-,58-,59+,63+,64-,67+,68+,70+,71+,72-,78-,79+,86-/m1/s1. The summed E-state index contributed by atoms with van der Waals surface area (Å²) in [5, 5.41) is 67.8. The second-order valence-electron chi connectivity index (χ2n) is 32.2. The first-order valence-corrected chi connectivity index (χ1v) is 42.6. The van der Waals surface area contributed by atoms with Crippen LogP contribution in [0.1, 0.15) is 156 Å². The molecular formula is C86H126N14O22. The number of carbonyl (C=O) groups excluding carboxylic acids is 8. The van der Waals surface area contributed by atoms with E-state index in [1.54, 1.807) is 68.8 Å². The number of aromatic hydroxyl groups is 1. The van der Waals surface area contributed by atoms with Crippen LogP contribution in [-0.4, -0.2) is 273 Å². The molecule has 2 bridgehead atoms. The van der Waals surface area contributed by atoms with E-state index in [0.29, 0.717) is 125 Å². The van der Waals surface area contributed by atoms with Crippen LogP contribution >= 0.6 is 0 Å². The number of H-pyrrole nitrogens is 1. The van der Waals surface area contributed by atoms with Gasteiger partial charge in [0.25, 0.3) is 11.7 Å². The van der Waals surface area contributed by atoms with E-state index >= 15 is 0 Å². The Morgan fingerprint density at radius 2 is 1.46 bits per heavy atom. The number of rotatable bonds is 35. The number of aryl methyl sites for hydroxylation is 1. The van der Waals surface area contributed by atoms with Crippen LogP contribution in [0.25, 0.3) is 33.3 Å². The molecule has 3 fully saturated rings. The molecule has 15 atom stereocenters.